The minimum absolute atomic E-state index is 0.0146. The second-order valence-corrected chi connectivity index (χ2v) is 8.74. The van der Waals surface area contributed by atoms with Crippen molar-refractivity contribution in [3.63, 3.8) is 0 Å². The molecule has 0 fully saturated rings. The molecule has 5 rings (SSSR count). The van der Waals surface area contributed by atoms with Crippen molar-refractivity contribution in [3.8, 4) is 6.01 Å². The molecule has 0 saturated heterocycles. The number of nitrogens with zero attached hydrogens (tertiary/aromatic N) is 4. The molecule has 0 radical (unpaired) electrons. The molecule has 8 heteroatoms. The first kappa shape index (κ1) is 21.2. The summed E-state index contributed by atoms with van der Waals surface area (Å²) in [4.78, 5) is 38.6. The van der Waals surface area contributed by atoms with Crippen molar-refractivity contribution in [2.45, 2.75) is 38.0 Å². The fourth-order valence-corrected chi connectivity index (χ4v) is 5.26. The summed E-state index contributed by atoms with van der Waals surface area (Å²) in [7, 11) is 1.54. The summed E-state index contributed by atoms with van der Waals surface area (Å²) >= 11 is 0. The van der Waals surface area contributed by atoms with E-state index in [0.29, 0.717) is 31.0 Å². The Kier molecular flexibility index (Phi) is 5.15. The highest BCUT2D eigenvalue weighted by molar-refractivity contribution is 6.04. The van der Waals surface area contributed by atoms with Crippen LogP contribution in [0.3, 0.4) is 0 Å². The van der Waals surface area contributed by atoms with Crippen molar-refractivity contribution in [3.05, 3.63) is 65.6 Å². The van der Waals surface area contributed by atoms with Crippen LogP contribution < -0.4 is 15.0 Å². The first-order chi connectivity index (χ1) is 16.0. The van der Waals surface area contributed by atoms with Crippen molar-refractivity contribution in [1.29, 1.82) is 0 Å². The molecule has 1 spiro atoms. The van der Waals surface area contributed by atoms with Gasteiger partial charge >= 0.3 is 6.01 Å². The predicted octanol–water partition coefficient (Wildman–Crippen LogP) is 2.95. The number of aromatic nitrogens is 2. The number of hydrogen-bond donors (Lipinski definition) is 1. The molecule has 3 heterocycles. The summed E-state index contributed by atoms with van der Waals surface area (Å²) in [5, 5.41) is 3.16. The van der Waals surface area contributed by atoms with E-state index in [9.17, 15) is 9.59 Å². The van der Waals surface area contributed by atoms with Crippen molar-refractivity contribution in [2.24, 2.45) is 0 Å². The van der Waals surface area contributed by atoms with Gasteiger partial charge in [0.2, 0.25) is 11.8 Å². The number of rotatable bonds is 3. The second kappa shape index (κ2) is 8.03. The van der Waals surface area contributed by atoms with Crippen LogP contribution in [0.25, 0.3) is 0 Å². The number of fused-ring (bicyclic) bond motifs is 3. The molecule has 170 valence electrons. The molecule has 1 unspecified atom stereocenters. The Hall–Kier alpha value is -3.68. The van der Waals surface area contributed by atoms with Crippen LogP contribution in [0.15, 0.2) is 48.8 Å². The lowest BCUT2D eigenvalue weighted by Crippen LogP contribution is -2.49. The maximum atomic E-state index is 13.7. The Morgan fingerprint density at radius 2 is 2.09 bits per heavy atom. The van der Waals surface area contributed by atoms with Gasteiger partial charge in [0.1, 0.15) is 5.69 Å². The van der Waals surface area contributed by atoms with Gasteiger partial charge in [0, 0.05) is 31.4 Å². The van der Waals surface area contributed by atoms with Gasteiger partial charge in [0.25, 0.3) is 0 Å². The first-order valence-corrected chi connectivity index (χ1v) is 11.2. The molecule has 1 atom stereocenters. The minimum Gasteiger partial charge on any atom is -0.467 e. The maximum absolute atomic E-state index is 13.7. The van der Waals surface area contributed by atoms with Gasteiger partial charge < -0.3 is 19.9 Å². The number of anilines is 2. The molecule has 8 nitrogen and oxygen atoms in total. The molecule has 0 bridgehead atoms. The van der Waals surface area contributed by atoms with Gasteiger partial charge in [-0.05, 0) is 43.4 Å². The van der Waals surface area contributed by atoms with Gasteiger partial charge in [-0.1, -0.05) is 30.8 Å². The quantitative estimate of drug-likeness (QED) is 0.731. The molecule has 2 aromatic rings. The van der Waals surface area contributed by atoms with Crippen LogP contribution >= 0.6 is 0 Å². The third kappa shape index (κ3) is 3.37. The Bertz CT molecular complexity index is 1190. The van der Waals surface area contributed by atoms with Crippen LogP contribution in [0.4, 0.5) is 11.5 Å². The van der Waals surface area contributed by atoms with E-state index in [0.717, 1.165) is 36.2 Å². The molecule has 1 N–H and O–H groups in total. The van der Waals surface area contributed by atoms with E-state index >= 15 is 0 Å². The number of carbonyl (C=O) groups is 2. The van der Waals surface area contributed by atoms with Gasteiger partial charge in [-0.25, -0.2) is 0 Å². The lowest BCUT2D eigenvalue weighted by atomic mass is 9.65. The second-order valence-electron chi connectivity index (χ2n) is 8.74. The number of amides is 2. The van der Waals surface area contributed by atoms with Crippen LogP contribution in [-0.2, 0) is 27.8 Å². The van der Waals surface area contributed by atoms with Crippen LogP contribution in [0.2, 0.25) is 0 Å². The summed E-state index contributed by atoms with van der Waals surface area (Å²) in [6.07, 6.45) is 6.28. The monoisotopic (exact) mass is 445 g/mol. The number of hydrogen-bond acceptors (Lipinski definition) is 6. The fraction of sp³-hybridized carbons (Fsp3) is 0.360. The van der Waals surface area contributed by atoms with Gasteiger partial charge in [-0.3, -0.25) is 9.59 Å². The molecule has 33 heavy (non-hydrogen) atoms. The minimum atomic E-state index is -0.640. The number of aryl methyl sites for hydroxylation is 1. The zero-order valence-electron chi connectivity index (χ0n) is 18.9. The van der Waals surface area contributed by atoms with Crippen LogP contribution in [0.5, 0.6) is 6.01 Å². The normalized spacial score (nSPS) is 21.6. The number of benzene rings is 1. The summed E-state index contributed by atoms with van der Waals surface area (Å²) in [6.45, 7) is 6.48. The SMILES string of the molecule is C=CC(=O)N1C=C(C)N(c2nc(OC)nc3c2NC(=O)C2(CCCc4ccccc42)C3)CC1. The number of ether oxygens (including phenoxy) is 1. The summed E-state index contributed by atoms with van der Waals surface area (Å²) in [5.74, 6) is 0.422. The summed E-state index contributed by atoms with van der Waals surface area (Å²) in [5.41, 5.74) is 3.89. The smallest absolute Gasteiger partial charge is 0.318 e. The van der Waals surface area contributed by atoms with Crippen LogP contribution in [0.1, 0.15) is 36.6 Å². The van der Waals surface area contributed by atoms with E-state index in [2.05, 4.69) is 34.0 Å². The summed E-state index contributed by atoms with van der Waals surface area (Å²) in [6, 6.07) is 8.47. The lowest BCUT2D eigenvalue weighted by Gasteiger charge is -2.42. The van der Waals surface area contributed by atoms with E-state index in [1.54, 1.807) is 18.2 Å². The third-order valence-electron chi connectivity index (χ3n) is 6.90. The topological polar surface area (TPSA) is 87.7 Å². The molecular weight excluding hydrogens is 418 g/mol. The number of allylic oxidation sites excluding steroid dienone is 1. The van der Waals surface area contributed by atoms with Crippen molar-refractivity contribution in [1.82, 2.24) is 14.9 Å². The van der Waals surface area contributed by atoms with Crippen LogP contribution in [0, 0.1) is 0 Å². The fourth-order valence-electron chi connectivity index (χ4n) is 5.26. The molecule has 0 saturated carbocycles. The highest BCUT2D eigenvalue weighted by atomic mass is 16.5. The standard InChI is InChI=1S/C25H27N5O3/c1-4-20(31)29-12-13-30(16(2)15-29)22-21-19(26-24(28-22)33-3)14-25(23(32)27-21)11-7-9-17-8-5-6-10-18(17)25/h4-6,8,10,15H,1,7,9,11-14H2,2-3H3,(H,27,32). The van der Waals surface area contributed by atoms with Gasteiger partial charge in [0.15, 0.2) is 5.82 Å². The third-order valence-corrected chi connectivity index (χ3v) is 6.90. The van der Waals surface area contributed by atoms with E-state index in [1.165, 1.54) is 11.6 Å². The molecule has 1 aromatic carbocycles. The average Bonchev–Trinajstić information content (AvgIpc) is 2.84. The number of nitrogens with one attached hydrogen (secondary N) is 1. The lowest BCUT2D eigenvalue weighted by molar-refractivity contribution is -0.124. The predicted molar refractivity (Wildman–Crippen MR) is 125 cm³/mol. The highest BCUT2D eigenvalue weighted by Crippen LogP contribution is 2.46. The number of methoxy groups -OCH3 is 1. The highest BCUT2D eigenvalue weighted by Gasteiger charge is 2.48. The maximum Gasteiger partial charge on any atom is 0.318 e. The molecule has 2 amide bonds. The molecule has 1 aliphatic carbocycles. The van der Waals surface area contributed by atoms with Gasteiger partial charge in [0.05, 0.1) is 18.2 Å². The van der Waals surface area contributed by atoms with Gasteiger partial charge in [-0.2, -0.15) is 9.97 Å². The average molecular weight is 446 g/mol. The number of carbonyl (C=O) groups excluding carboxylic acids is 2. The van der Waals surface area contributed by atoms with Crippen molar-refractivity contribution in [2.75, 3.05) is 30.4 Å². The van der Waals surface area contributed by atoms with E-state index in [4.69, 9.17) is 4.74 Å². The largest absolute Gasteiger partial charge is 0.467 e. The zero-order valence-corrected chi connectivity index (χ0v) is 18.9. The molecular formula is C25H27N5O3. The molecule has 2 aliphatic heterocycles. The summed E-state index contributed by atoms with van der Waals surface area (Å²) < 4.78 is 5.44. The molecule has 3 aliphatic rings. The van der Waals surface area contributed by atoms with Crippen molar-refractivity contribution < 1.29 is 14.3 Å². The van der Waals surface area contributed by atoms with E-state index < -0.39 is 5.41 Å². The Morgan fingerprint density at radius 3 is 2.85 bits per heavy atom. The Labute approximate surface area is 193 Å². The first-order valence-electron chi connectivity index (χ1n) is 11.2. The van der Waals surface area contributed by atoms with E-state index in [-0.39, 0.29) is 17.8 Å². The van der Waals surface area contributed by atoms with Crippen LogP contribution in [-0.4, -0.2) is 46.9 Å². The zero-order chi connectivity index (χ0) is 23.2. The molecule has 1 aromatic heterocycles. The Morgan fingerprint density at radius 1 is 1.27 bits per heavy atom. The van der Waals surface area contributed by atoms with Crippen molar-refractivity contribution >= 4 is 23.3 Å². The van der Waals surface area contributed by atoms with E-state index in [1.807, 2.05) is 24.0 Å². The van der Waals surface area contributed by atoms with Gasteiger partial charge in [-0.15, -0.1) is 0 Å². The Balaban J connectivity index is 1.59.